The van der Waals surface area contributed by atoms with Crippen LogP contribution in [0.2, 0.25) is 0 Å². The highest BCUT2D eigenvalue weighted by molar-refractivity contribution is 5.71. The Balaban J connectivity index is 2.83. The molecule has 1 N–H and O–H groups in total. The lowest BCUT2D eigenvalue weighted by molar-refractivity contribution is -0.145. The predicted octanol–water partition coefficient (Wildman–Crippen LogP) is 3.92. The Morgan fingerprint density at radius 2 is 1.95 bits per heavy atom. The highest BCUT2D eigenvalue weighted by atomic mass is 16.4. The fourth-order valence-electron chi connectivity index (χ4n) is 3.26. The van der Waals surface area contributed by atoms with Gasteiger partial charge in [-0.05, 0) is 39.2 Å². The van der Waals surface area contributed by atoms with Gasteiger partial charge in [0.1, 0.15) is 0 Å². The van der Waals surface area contributed by atoms with Crippen LogP contribution in [-0.2, 0) is 4.79 Å². The summed E-state index contributed by atoms with van der Waals surface area (Å²) in [5.74, 6) is -0.745. The van der Waals surface area contributed by atoms with Crippen LogP contribution in [0.25, 0.3) is 0 Å². The van der Waals surface area contributed by atoms with Crippen LogP contribution in [0.5, 0.6) is 0 Å². The Morgan fingerprint density at radius 3 is 2.53 bits per heavy atom. The van der Waals surface area contributed by atoms with Crippen molar-refractivity contribution in [3.05, 3.63) is 0 Å². The van der Waals surface area contributed by atoms with E-state index in [0.29, 0.717) is 6.04 Å². The first-order valence-electron chi connectivity index (χ1n) is 8.10. The zero-order chi connectivity index (χ0) is 14.3. The maximum Gasteiger partial charge on any atom is 0.308 e. The van der Waals surface area contributed by atoms with Gasteiger partial charge in [-0.25, -0.2) is 0 Å². The average molecular weight is 269 g/mol. The number of rotatable bonds is 7. The molecule has 0 amide bonds. The summed E-state index contributed by atoms with van der Waals surface area (Å²) in [6.07, 6.45) is 8.84. The van der Waals surface area contributed by atoms with Crippen molar-refractivity contribution in [2.45, 2.75) is 84.2 Å². The first-order valence-corrected chi connectivity index (χ1v) is 8.10. The van der Waals surface area contributed by atoms with E-state index in [9.17, 15) is 9.90 Å². The molecule has 112 valence electrons. The van der Waals surface area contributed by atoms with Crippen LogP contribution >= 0.6 is 0 Å². The van der Waals surface area contributed by atoms with Gasteiger partial charge in [-0.15, -0.1) is 0 Å². The summed E-state index contributed by atoms with van der Waals surface area (Å²) < 4.78 is 0. The normalized spacial score (nSPS) is 26.1. The van der Waals surface area contributed by atoms with Gasteiger partial charge in [-0.2, -0.15) is 0 Å². The van der Waals surface area contributed by atoms with Crippen molar-refractivity contribution in [3.8, 4) is 0 Å². The summed E-state index contributed by atoms with van der Waals surface area (Å²) in [6.45, 7) is 7.71. The van der Waals surface area contributed by atoms with Crippen LogP contribution in [0.1, 0.15) is 72.1 Å². The van der Waals surface area contributed by atoms with E-state index in [0.717, 1.165) is 32.2 Å². The van der Waals surface area contributed by atoms with Crippen LogP contribution in [0, 0.1) is 5.92 Å². The second kappa shape index (κ2) is 8.57. The number of carboxylic acids is 1. The van der Waals surface area contributed by atoms with E-state index in [-0.39, 0.29) is 12.0 Å². The Kier molecular flexibility index (Phi) is 7.44. The molecule has 3 unspecified atom stereocenters. The molecule has 19 heavy (non-hydrogen) atoms. The molecule has 0 radical (unpaired) electrons. The molecule has 3 heteroatoms. The molecule has 1 fully saturated rings. The number of aliphatic carboxylic acids is 1. The number of hydrogen-bond acceptors (Lipinski definition) is 2. The Bertz CT molecular complexity index is 267. The van der Waals surface area contributed by atoms with E-state index in [1.54, 1.807) is 0 Å². The van der Waals surface area contributed by atoms with Gasteiger partial charge in [0.2, 0.25) is 0 Å². The lowest BCUT2D eigenvalue weighted by Crippen LogP contribution is -2.47. The zero-order valence-electron chi connectivity index (χ0n) is 12.9. The summed E-state index contributed by atoms with van der Waals surface area (Å²) in [4.78, 5) is 14.1. The second-order valence-electron chi connectivity index (χ2n) is 6.00. The van der Waals surface area contributed by atoms with Crippen LogP contribution < -0.4 is 0 Å². The highest BCUT2D eigenvalue weighted by Gasteiger charge is 2.34. The minimum Gasteiger partial charge on any atom is -0.481 e. The molecule has 1 aliphatic carbocycles. The van der Waals surface area contributed by atoms with Crippen molar-refractivity contribution in [3.63, 3.8) is 0 Å². The third-order valence-corrected chi connectivity index (χ3v) is 4.65. The minimum absolute atomic E-state index is 0.159. The molecular weight excluding hydrogens is 238 g/mol. The smallest absolute Gasteiger partial charge is 0.308 e. The largest absolute Gasteiger partial charge is 0.481 e. The van der Waals surface area contributed by atoms with Crippen LogP contribution in [0.3, 0.4) is 0 Å². The van der Waals surface area contributed by atoms with E-state index in [4.69, 9.17) is 0 Å². The molecule has 1 rings (SSSR count). The van der Waals surface area contributed by atoms with Crippen molar-refractivity contribution in [2.24, 2.45) is 5.92 Å². The van der Waals surface area contributed by atoms with Crippen LogP contribution in [0.4, 0.5) is 0 Å². The van der Waals surface area contributed by atoms with E-state index in [1.165, 1.54) is 25.7 Å². The molecule has 0 heterocycles. The molecule has 1 aliphatic rings. The molecule has 0 aromatic carbocycles. The Labute approximate surface area is 118 Å². The zero-order valence-corrected chi connectivity index (χ0v) is 12.9. The summed E-state index contributed by atoms with van der Waals surface area (Å²) >= 11 is 0. The molecular formula is C16H31NO2. The van der Waals surface area contributed by atoms with Crippen molar-refractivity contribution in [1.82, 2.24) is 4.90 Å². The maximum atomic E-state index is 11.6. The standard InChI is InChI=1S/C16H31NO2/c1-4-6-12-17(13(3)5-2)15-11-9-7-8-10-14(15)16(18)19/h13-15H,4-12H2,1-3H3,(H,18,19). The van der Waals surface area contributed by atoms with E-state index >= 15 is 0 Å². The van der Waals surface area contributed by atoms with Gasteiger partial charge in [-0.1, -0.05) is 39.5 Å². The van der Waals surface area contributed by atoms with Crippen LogP contribution in [0.15, 0.2) is 0 Å². The highest BCUT2D eigenvalue weighted by Crippen LogP contribution is 2.29. The van der Waals surface area contributed by atoms with Gasteiger partial charge in [0.25, 0.3) is 0 Å². The van der Waals surface area contributed by atoms with Crippen molar-refractivity contribution in [1.29, 1.82) is 0 Å². The topological polar surface area (TPSA) is 40.5 Å². The molecule has 0 aromatic rings. The minimum atomic E-state index is -0.586. The molecule has 0 bridgehead atoms. The number of carboxylic acid groups (broad SMARTS) is 1. The molecule has 0 saturated heterocycles. The van der Waals surface area contributed by atoms with Gasteiger partial charge in [0.15, 0.2) is 0 Å². The van der Waals surface area contributed by atoms with Crippen molar-refractivity contribution >= 4 is 5.97 Å². The lowest BCUT2D eigenvalue weighted by Gasteiger charge is -2.38. The van der Waals surface area contributed by atoms with Gasteiger partial charge in [0, 0.05) is 12.1 Å². The number of hydrogen-bond donors (Lipinski definition) is 1. The fourth-order valence-corrected chi connectivity index (χ4v) is 3.26. The van der Waals surface area contributed by atoms with E-state index in [2.05, 4.69) is 25.7 Å². The first kappa shape index (κ1) is 16.5. The summed E-state index contributed by atoms with van der Waals surface area (Å²) in [6, 6.07) is 0.748. The summed E-state index contributed by atoms with van der Waals surface area (Å²) in [5.41, 5.74) is 0. The summed E-state index contributed by atoms with van der Waals surface area (Å²) in [7, 11) is 0. The molecule has 1 saturated carbocycles. The molecule has 3 atom stereocenters. The SMILES string of the molecule is CCCCN(C(C)CC)C1CCCCCC1C(=O)O. The van der Waals surface area contributed by atoms with E-state index in [1.807, 2.05) is 0 Å². The third kappa shape index (κ3) is 4.79. The quantitative estimate of drug-likeness (QED) is 0.712. The van der Waals surface area contributed by atoms with Crippen molar-refractivity contribution in [2.75, 3.05) is 6.54 Å². The molecule has 3 nitrogen and oxygen atoms in total. The van der Waals surface area contributed by atoms with Gasteiger partial charge >= 0.3 is 5.97 Å². The third-order valence-electron chi connectivity index (χ3n) is 4.65. The molecule has 0 aliphatic heterocycles. The predicted molar refractivity (Wildman–Crippen MR) is 79.4 cm³/mol. The lowest BCUT2D eigenvalue weighted by atomic mass is 9.91. The van der Waals surface area contributed by atoms with Crippen LogP contribution in [-0.4, -0.2) is 34.6 Å². The van der Waals surface area contributed by atoms with Gasteiger partial charge < -0.3 is 5.11 Å². The summed E-state index contributed by atoms with van der Waals surface area (Å²) in [5, 5.41) is 9.54. The Morgan fingerprint density at radius 1 is 1.26 bits per heavy atom. The van der Waals surface area contributed by atoms with E-state index < -0.39 is 5.97 Å². The second-order valence-corrected chi connectivity index (χ2v) is 6.00. The van der Waals surface area contributed by atoms with Crippen molar-refractivity contribution < 1.29 is 9.90 Å². The number of nitrogens with zero attached hydrogens (tertiary/aromatic N) is 1. The maximum absolute atomic E-state index is 11.6. The van der Waals surface area contributed by atoms with Gasteiger partial charge in [-0.3, -0.25) is 9.69 Å². The average Bonchev–Trinajstić information content (AvgIpc) is 2.64. The first-order chi connectivity index (χ1) is 9.11. The number of unbranched alkanes of at least 4 members (excludes halogenated alkanes) is 1. The van der Waals surface area contributed by atoms with Gasteiger partial charge in [0.05, 0.1) is 5.92 Å². The molecule has 0 spiro atoms. The number of carbonyl (C=O) groups is 1. The molecule has 0 aromatic heterocycles. The fraction of sp³-hybridized carbons (Fsp3) is 0.938. The monoisotopic (exact) mass is 269 g/mol. The Hall–Kier alpha value is -0.570.